The normalized spacial score (nSPS) is 12.4. The number of pyridine rings is 1. The number of hydrogen-bond donors (Lipinski definition) is 1. The molecule has 1 unspecified atom stereocenters. The van der Waals surface area contributed by atoms with Crippen LogP contribution in [-0.4, -0.2) is 16.8 Å². The molecule has 82 valence electrons. The van der Waals surface area contributed by atoms with Gasteiger partial charge in [-0.3, -0.25) is 9.78 Å². The molecule has 0 bridgehead atoms. The van der Waals surface area contributed by atoms with E-state index in [4.69, 9.17) is 5.73 Å². The molecule has 1 rings (SSSR count). The number of aromatic nitrogens is 1. The summed E-state index contributed by atoms with van der Waals surface area (Å²) in [6.07, 6.45) is 4.91. The lowest BCUT2D eigenvalue weighted by molar-refractivity contribution is -0.119. The van der Waals surface area contributed by atoms with Gasteiger partial charge in [0.1, 0.15) is 0 Å². The Bertz CT molecular complexity index is 298. The molecule has 0 amide bonds. The standard InChI is InChI=1S/C12H18N2O/c1-2-3-7-11(13)12(15)9-10-6-4-5-8-14-10/h4-6,8,11H,2-3,7,9,13H2,1H3. The first kappa shape index (κ1) is 11.9. The maximum Gasteiger partial charge on any atom is 0.155 e. The van der Waals surface area contributed by atoms with Gasteiger partial charge < -0.3 is 5.73 Å². The Kier molecular flexibility index (Phi) is 4.98. The zero-order valence-electron chi connectivity index (χ0n) is 9.15. The topological polar surface area (TPSA) is 56.0 Å². The minimum atomic E-state index is -0.327. The molecule has 0 aliphatic heterocycles. The van der Waals surface area contributed by atoms with Crippen LogP contribution in [0, 0.1) is 0 Å². The average Bonchev–Trinajstić information content (AvgIpc) is 2.27. The predicted octanol–water partition coefficient (Wildman–Crippen LogP) is 1.71. The summed E-state index contributed by atoms with van der Waals surface area (Å²) in [5.74, 6) is 0.0853. The Morgan fingerprint density at radius 3 is 2.93 bits per heavy atom. The number of nitrogens with zero attached hydrogens (tertiary/aromatic N) is 1. The van der Waals surface area contributed by atoms with E-state index in [1.54, 1.807) is 6.20 Å². The lowest BCUT2D eigenvalue weighted by Crippen LogP contribution is -2.31. The van der Waals surface area contributed by atoms with E-state index in [1.165, 1.54) is 0 Å². The van der Waals surface area contributed by atoms with E-state index in [0.29, 0.717) is 6.42 Å². The summed E-state index contributed by atoms with van der Waals surface area (Å²) in [4.78, 5) is 15.8. The molecule has 0 aromatic carbocycles. The molecule has 3 nitrogen and oxygen atoms in total. The van der Waals surface area contributed by atoms with Crippen LogP contribution in [-0.2, 0) is 11.2 Å². The summed E-state index contributed by atoms with van der Waals surface area (Å²) in [5, 5.41) is 0. The predicted molar refractivity (Wildman–Crippen MR) is 60.4 cm³/mol. The van der Waals surface area contributed by atoms with Gasteiger partial charge in [0.05, 0.1) is 12.5 Å². The molecule has 0 fully saturated rings. The number of Topliss-reactive ketones (excluding diaryl/α,β-unsaturated/α-hetero) is 1. The third-order valence-corrected chi connectivity index (χ3v) is 2.36. The van der Waals surface area contributed by atoms with Gasteiger partial charge in [-0.15, -0.1) is 0 Å². The van der Waals surface area contributed by atoms with E-state index in [9.17, 15) is 4.79 Å². The van der Waals surface area contributed by atoms with Crippen molar-refractivity contribution in [3.8, 4) is 0 Å². The lowest BCUT2D eigenvalue weighted by atomic mass is 10.0. The first-order valence-electron chi connectivity index (χ1n) is 5.42. The first-order valence-corrected chi connectivity index (χ1v) is 5.42. The van der Waals surface area contributed by atoms with Crippen molar-refractivity contribution in [1.82, 2.24) is 4.98 Å². The van der Waals surface area contributed by atoms with E-state index in [1.807, 2.05) is 18.2 Å². The Morgan fingerprint density at radius 2 is 2.33 bits per heavy atom. The van der Waals surface area contributed by atoms with Crippen molar-refractivity contribution < 1.29 is 4.79 Å². The number of carbonyl (C=O) groups excluding carboxylic acids is 1. The Morgan fingerprint density at radius 1 is 1.53 bits per heavy atom. The summed E-state index contributed by atoms with van der Waals surface area (Å²) < 4.78 is 0. The van der Waals surface area contributed by atoms with Crippen molar-refractivity contribution in [2.24, 2.45) is 5.73 Å². The van der Waals surface area contributed by atoms with Crippen molar-refractivity contribution >= 4 is 5.78 Å². The van der Waals surface area contributed by atoms with Crippen molar-refractivity contribution in [3.05, 3.63) is 30.1 Å². The molecular formula is C12H18N2O. The molecule has 0 aliphatic carbocycles. The second kappa shape index (κ2) is 6.30. The Balaban J connectivity index is 2.42. The maximum atomic E-state index is 11.7. The summed E-state index contributed by atoms with van der Waals surface area (Å²) in [6, 6.07) is 5.25. The number of rotatable bonds is 6. The molecule has 2 N–H and O–H groups in total. The third kappa shape index (κ3) is 4.21. The highest BCUT2D eigenvalue weighted by atomic mass is 16.1. The van der Waals surface area contributed by atoms with E-state index in [2.05, 4.69) is 11.9 Å². The number of nitrogens with two attached hydrogens (primary N) is 1. The minimum Gasteiger partial charge on any atom is -0.321 e. The molecular weight excluding hydrogens is 188 g/mol. The van der Waals surface area contributed by atoms with Gasteiger partial charge in [0.15, 0.2) is 5.78 Å². The van der Waals surface area contributed by atoms with Gasteiger partial charge in [0.25, 0.3) is 0 Å². The minimum absolute atomic E-state index is 0.0853. The van der Waals surface area contributed by atoms with Crippen molar-refractivity contribution in [3.63, 3.8) is 0 Å². The molecule has 0 spiro atoms. The largest absolute Gasteiger partial charge is 0.321 e. The fourth-order valence-electron chi connectivity index (χ4n) is 1.40. The highest BCUT2D eigenvalue weighted by Crippen LogP contribution is 2.03. The molecule has 1 aromatic rings. The van der Waals surface area contributed by atoms with E-state index in [0.717, 1.165) is 25.0 Å². The van der Waals surface area contributed by atoms with Gasteiger partial charge in [-0.25, -0.2) is 0 Å². The number of ketones is 1. The van der Waals surface area contributed by atoms with Crippen LogP contribution in [0.5, 0.6) is 0 Å². The van der Waals surface area contributed by atoms with Crippen LogP contribution in [0.4, 0.5) is 0 Å². The van der Waals surface area contributed by atoms with Crippen LogP contribution in [0.3, 0.4) is 0 Å². The van der Waals surface area contributed by atoms with Gasteiger partial charge in [0, 0.05) is 11.9 Å². The second-order valence-electron chi connectivity index (χ2n) is 3.71. The van der Waals surface area contributed by atoms with Crippen molar-refractivity contribution in [2.75, 3.05) is 0 Å². The molecule has 0 radical (unpaired) electrons. The highest BCUT2D eigenvalue weighted by Gasteiger charge is 2.13. The quantitative estimate of drug-likeness (QED) is 0.771. The molecule has 0 saturated carbocycles. The van der Waals surface area contributed by atoms with Gasteiger partial charge in [0.2, 0.25) is 0 Å². The maximum absolute atomic E-state index is 11.7. The van der Waals surface area contributed by atoms with E-state index >= 15 is 0 Å². The molecule has 15 heavy (non-hydrogen) atoms. The SMILES string of the molecule is CCCCC(N)C(=O)Cc1ccccn1. The summed E-state index contributed by atoms with van der Waals surface area (Å²) in [6.45, 7) is 2.09. The number of unbranched alkanes of at least 4 members (excludes halogenated alkanes) is 1. The molecule has 3 heteroatoms. The van der Waals surface area contributed by atoms with Crippen LogP contribution >= 0.6 is 0 Å². The monoisotopic (exact) mass is 206 g/mol. The van der Waals surface area contributed by atoms with Crippen LogP contribution in [0.25, 0.3) is 0 Å². The fraction of sp³-hybridized carbons (Fsp3) is 0.500. The Hall–Kier alpha value is -1.22. The summed E-state index contributed by atoms with van der Waals surface area (Å²) in [5.41, 5.74) is 6.57. The summed E-state index contributed by atoms with van der Waals surface area (Å²) in [7, 11) is 0. The molecule has 0 aliphatic rings. The van der Waals surface area contributed by atoms with Crippen LogP contribution < -0.4 is 5.73 Å². The first-order chi connectivity index (χ1) is 7.24. The third-order valence-electron chi connectivity index (χ3n) is 2.36. The van der Waals surface area contributed by atoms with Crippen LogP contribution in [0.2, 0.25) is 0 Å². The molecule has 1 aromatic heterocycles. The molecule has 0 saturated heterocycles. The van der Waals surface area contributed by atoms with E-state index < -0.39 is 0 Å². The number of carbonyl (C=O) groups is 1. The van der Waals surface area contributed by atoms with E-state index in [-0.39, 0.29) is 11.8 Å². The van der Waals surface area contributed by atoms with Gasteiger partial charge >= 0.3 is 0 Å². The summed E-state index contributed by atoms with van der Waals surface area (Å²) >= 11 is 0. The molecule has 1 heterocycles. The fourth-order valence-corrected chi connectivity index (χ4v) is 1.40. The number of hydrogen-bond acceptors (Lipinski definition) is 3. The van der Waals surface area contributed by atoms with Gasteiger partial charge in [-0.05, 0) is 18.6 Å². The Labute approximate surface area is 90.7 Å². The van der Waals surface area contributed by atoms with Crippen LogP contribution in [0.15, 0.2) is 24.4 Å². The zero-order chi connectivity index (χ0) is 11.1. The average molecular weight is 206 g/mol. The van der Waals surface area contributed by atoms with Gasteiger partial charge in [-0.1, -0.05) is 25.8 Å². The lowest BCUT2D eigenvalue weighted by Gasteiger charge is -2.08. The highest BCUT2D eigenvalue weighted by molar-refractivity contribution is 5.85. The second-order valence-corrected chi connectivity index (χ2v) is 3.71. The smallest absolute Gasteiger partial charge is 0.155 e. The van der Waals surface area contributed by atoms with Gasteiger partial charge in [-0.2, -0.15) is 0 Å². The van der Waals surface area contributed by atoms with Crippen LogP contribution in [0.1, 0.15) is 31.9 Å². The zero-order valence-corrected chi connectivity index (χ0v) is 9.15. The molecule has 1 atom stereocenters. The van der Waals surface area contributed by atoms with Crippen molar-refractivity contribution in [1.29, 1.82) is 0 Å². The van der Waals surface area contributed by atoms with Crippen molar-refractivity contribution in [2.45, 2.75) is 38.6 Å².